The number of thioether (sulfide) groups is 1. The molecule has 0 bridgehead atoms. The average Bonchev–Trinajstić information content (AvgIpc) is 3.06. The number of hydrogen-bond acceptors (Lipinski definition) is 7. The van der Waals surface area contributed by atoms with E-state index >= 15 is 0 Å². The molecule has 1 aromatic heterocycles. The van der Waals surface area contributed by atoms with E-state index in [1.165, 1.54) is 5.56 Å². The molecule has 0 unspecified atom stereocenters. The molecule has 2 N–H and O–H groups in total. The number of nitrogens with one attached hydrogen (secondary N) is 1. The van der Waals surface area contributed by atoms with Crippen LogP contribution < -0.4 is 14.2 Å². The van der Waals surface area contributed by atoms with E-state index in [1.807, 2.05) is 36.5 Å². The summed E-state index contributed by atoms with van der Waals surface area (Å²) in [6.45, 7) is 5.03. The summed E-state index contributed by atoms with van der Waals surface area (Å²) in [6.07, 6.45) is 12.6. The Labute approximate surface area is 271 Å². The Balaban J connectivity index is 0.000000477. The molecule has 0 aliphatic rings. The fraction of sp³-hybridized carbons (Fsp3) is 0.314. The molecule has 0 aliphatic heterocycles. The fourth-order valence-corrected chi connectivity index (χ4v) is 6.45. The molecule has 0 amide bonds. The molecular formula is C35H44N3O5S2+. The molecule has 0 radical (unpaired) electrons. The molecule has 0 spiro atoms. The second-order valence-electron chi connectivity index (χ2n) is 10.4. The van der Waals surface area contributed by atoms with Gasteiger partial charge in [-0.2, -0.15) is 9.82 Å². The quantitative estimate of drug-likeness (QED) is 0.0487. The number of para-hydroxylation sites is 1. The topological polar surface area (TPSA) is 99.8 Å². The lowest BCUT2D eigenvalue weighted by atomic mass is 10.1. The van der Waals surface area contributed by atoms with Gasteiger partial charge in [-0.3, -0.25) is 0 Å². The Hall–Kier alpha value is -3.70. The van der Waals surface area contributed by atoms with Crippen molar-refractivity contribution in [3.63, 3.8) is 0 Å². The number of sulfonamides is 1. The van der Waals surface area contributed by atoms with Crippen LogP contribution in [-0.2, 0) is 26.3 Å². The molecule has 10 heteroatoms. The number of rotatable bonds is 14. The van der Waals surface area contributed by atoms with Crippen molar-refractivity contribution >= 4 is 50.4 Å². The summed E-state index contributed by atoms with van der Waals surface area (Å²) in [5.41, 5.74) is 4.35. The highest BCUT2D eigenvalue weighted by Crippen LogP contribution is 2.31. The molecule has 4 aromatic rings. The van der Waals surface area contributed by atoms with E-state index in [-0.39, 0.29) is 4.90 Å². The second-order valence-corrected chi connectivity index (χ2v) is 13.1. The molecule has 4 rings (SSSR count). The summed E-state index contributed by atoms with van der Waals surface area (Å²) in [5.74, 6) is -0.531. The third-order valence-corrected chi connectivity index (χ3v) is 9.47. The van der Waals surface area contributed by atoms with E-state index in [0.717, 1.165) is 59.3 Å². The largest absolute Gasteiger partial charge is 0.350 e. The maximum Gasteiger partial charge on any atom is 0.342 e. The normalized spacial score (nSPS) is 11.3. The van der Waals surface area contributed by atoms with E-state index < -0.39 is 16.0 Å². The predicted octanol–water partition coefficient (Wildman–Crippen LogP) is 7.28. The monoisotopic (exact) mass is 650 g/mol. The first-order valence-electron chi connectivity index (χ1n) is 15.1. The third-order valence-electron chi connectivity index (χ3n) is 7.14. The Morgan fingerprint density at radius 1 is 1.00 bits per heavy atom. The Bertz CT molecular complexity index is 1660. The molecule has 0 saturated heterocycles. The zero-order chi connectivity index (χ0) is 32.7. The van der Waals surface area contributed by atoms with E-state index in [2.05, 4.69) is 88.0 Å². The predicted molar refractivity (Wildman–Crippen MR) is 184 cm³/mol. The average molecular weight is 651 g/mol. The molecule has 0 aliphatic carbocycles. The number of hydrogen-bond donors (Lipinski definition) is 2. The van der Waals surface area contributed by atoms with Gasteiger partial charge in [0, 0.05) is 48.8 Å². The van der Waals surface area contributed by atoms with Gasteiger partial charge in [-0.15, -0.1) is 11.8 Å². The van der Waals surface area contributed by atoms with Gasteiger partial charge in [0.05, 0.1) is 16.0 Å². The first-order chi connectivity index (χ1) is 21.7. The Kier molecular flexibility index (Phi) is 14.6. The van der Waals surface area contributed by atoms with Crippen molar-refractivity contribution < 1.29 is 27.9 Å². The molecule has 8 nitrogen and oxygen atoms in total. The number of unbranched alkanes of at least 4 members (excludes halogenated alkanes) is 3. The van der Waals surface area contributed by atoms with Crippen LogP contribution in [0.5, 0.6) is 0 Å². The van der Waals surface area contributed by atoms with Crippen molar-refractivity contribution in [3.05, 3.63) is 102 Å². The number of carbonyl (C=O) groups excluding carboxylic acids is 1. The molecule has 0 atom stereocenters. The minimum Gasteiger partial charge on any atom is -0.350 e. The molecule has 1 heterocycles. The summed E-state index contributed by atoms with van der Waals surface area (Å²) in [6, 6.07) is 26.2. The maximum atomic E-state index is 12.5. The molecular weight excluding hydrogens is 607 g/mol. The van der Waals surface area contributed by atoms with Crippen LogP contribution in [0.4, 0.5) is 5.69 Å². The highest BCUT2D eigenvalue weighted by Gasteiger charge is 2.17. The van der Waals surface area contributed by atoms with Crippen molar-refractivity contribution in [1.82, 2.24) is 4.72 Å². The zero-order valence-corrected chi connectivity index (χ0v) is 28.1. The lowest BCUT2D eigenvalue weighted by Gasteiger charge is -2.19. The van der Waals surface area contributed by atoms with Gasteiger partial charge >= 0.3 is 5.97 Å². The number of aromatic nitrogens is 1. The van der Waals surface area contributed by atoms with Gasteiger partial charge in [-0.05, 0) is 48.6 Å². The number of pyridine rings is 1. The van der Waals surface area contributed by atoms with Gasteiger partial charge < -0.3 is 9.79 Å². The number of benzene rings is 3. The number of fused-ring (bicyclic) bond motifs is 1. The highest BCUT2D eigenvalue weighted by molar-refractivity contribution is 7.98. The first-order valence-corrected chi connectivity index (χ1v) is 17.8. The summed E-state index contributed by atoms with van der Waals surface area (Å²) in [4.78, 5) is 17.0. The van der Waals surface area contributed by atoms with Crippen LogP contribution in [0.2, 0.25) is 0 Å². The maximum absolute atomic E-state index is 12.5. The first kappa shape index (κ1) is 35.8. The van der Waals surface area contributed by atoms with Crippen molar-refractivity contribution in [2.75, 3.05) is 24.7 Å². The third kappa shape index (κ3) is 10.7. The molecule has 45 heavy (non-hydrogen) atoms. The van der Waals surface area contributed by atoms with Crippen molar-refractivity contribution in [1.29, 1.82) is 0 Å². The van der Waals surface area contributed by atoms with Gasteiger partial charge in [0.25, 0.3) is 0 Å². The van der Waals surface area contributed by atoms with Gasteiger partial charge in [0.1, 0.15) is 0 Å². The molecule has 240 valence electrons. The smallest absolute Gasteiger partial charge is 0.342 e. The lowest BCUT2D eigenvalue weighted by molar-refractivity contribution is -0.662. The number of anilines is 1. The van der Waals surface area contributed by atoms with Crippen LogP contribution >= 0.6 is 11.8 Å². The molecule has 0 saturated carbocycles. The SMILES string of the molecule is CCCCCCC(=O)OO.CCNS(=O)(=O)c1ccc(SC)c(N(C)/C=C\c2cc[n+](Cc3ccccc3)c3ccccc23)c1. The zero-order valence-electron chi connectivity index (χ0n) is 26.5. The summed E-state index contributed by atoms with van der Waals surface area (Å²) >= 11 is 1.59. The highest BCUT2D eigenvalue weighted by atomic mass is 32.2. The standard InChI is InChI=1S/C28H30N3O2S2.C7H14O3/c1-4-29-35(32,33)24-14-15-28(34-3)27(20-24)30(2)18-16-23-17-19-31(21-22-10-6-5-7-11-22)26-13-9-8-12-25(23)26;1-2-3-4-5-6-7(8)10-9/h5-20,29H,4,21H2,1-3H3;9H,2-6H2,1H3/q+1;. The summed E-state index contributed by atoms with van der Waals surface area (Å²) < 4.78 is 29.9. The molecule has 3 aromatic carbocycles. The van der Waals surface area contributed by atoms with Gasteiger partial charge in [0.2, 0.25) is 15.5 Å². The van der Waals surface area contributed by atoms with Crippen LogP contribution in [0.1, 0.15) is 57.1 Å². The van der Waals surface area contributed by atoms with Gasteiger partial charge in [-0.1, -0.05) is 75.6 Å². The van der Waals surface area contributed by atoms with Crippen LogP contribution in [0, 0.1) is 0 Å². The summed E-state index contributed by atoms with van der Waals surface area (Å²) in [7, 11) is -1.59. The van der Waals surface area contributed by atoms with E-state index in [0.29, 0.717) is 13.0 Å². The Morgan fingerprint density at radius 2 is 1.73 bits per heavy atom. The van der Waals surface area contributed by atoms with Crippen LogP contribution in [-0.4, -0.2) is 39.5 Å². The van der Waals surface area contributed by atoms with Crippen LogP contribution in [0.25, 0.3) is 17.0 Å². The summed E-state index contributed by atoms with van der Waals surface area (Å²) in [5, 5.41) is 9.00. The van der Waals surface area contributed by atoms with Crippen LogP contribution in [0.3, 0.4) is 0 Å². The fourth-order valence-electron chi connectivity index (χ4n) is 4.77. The van der Waals surface area contributed by atoms with Crippen LogP contribution in [0.15, 0.2) is 101 Å². The van der Waals surface area contributed by atoms with Crippen molar-refractivity contribution in [2.24, 2.45) is 0 Å². The Morgan fingerprint density at radius 3 is 2.42 bits per heavy atom. The number of nitrogens with zero attached hydrogens (tertiary/aromatic N) is 2. The van der Waals surface area contributed by atoms with Crippen molar-refractivity contribution in [2.45, 2.75) is 62.3 Å². The minimum absolute atomic E-state index is 0.263. The van der Waals surface area contributed by atoms with Gasteiger partial charge in [0.15, 0.2) is 12.7 Å². The van der Waals surface area contributed by atoms with E-state index in [1.54, 1.807) is 30.8 Å². The van der Waals surface area contributed by atoms with Gasteiger partial charge in [-0.25, -0.2) is 17.9 Å². The van der Waals surface area contributed by atoms with E-state index in [9.17, 15) is 13.2 Å². The molecule has 0 fully saturated rings. The second kappa shape index (κ2) is 18.3. The number of carbonyl (C=O) groups is 1. The van der Waals surface area contributed by atoms with E-state index in [4.69, 9.17) is 5.26 Å². The lowest BCUT2D eigenvalue weighted by Crippen LogP contribution is -2.34. The minimum atomic E-state index is -3.53. The van der Waals surface area contributed by atoms with Crippen molar-refractivity contribution in [3.8, 4) is 0 Å².